The van der Waals surface area contributed by atoms with Crippen molar-refractivity contribution < 1.29 is 9.46 Å². The Morgan fingerprint density at radius 3 is 1.32 bits per heavy atom. The van der Waals surface area contributed by atoms with Gasteiger partial charge in [0.1, 0.15) is 0 Å². The van der Waals surface area contributed by atoms with E-state index < -0.39 is 7.37 Å². The Labute approximate surface area is 120 Å². The molecule has 0 aromatic heterocycles. The second-order valence-corrected chi connectivity index (χ2v) is 11.4. The summed E-state index contributed by atoms with van der Waals surface area (Å²) in [7, 11) is -2.98. The highest BCUT2D eigenvalue weighted by Gasteiger charge is 2.28. The Balaban J connectivity index is 4.36. The zero-order valence-corrected chi connectivity index (χ0v) is 15.2. The van der Waals surface area contributed by atoms with E-state index in [9.17, 15) is 9.46 Å². The van der Waals surface area contributed by atoms with E-state index in [1.807, 2.05) is 0 Å². The van der Waals surface area contributed by atoms with Gasteiger partial charge in [-0.2, -0.15) is 0 Å². The van der Waals surface area contributed by atoms with Crippen LogP contribution in [-0.4, -0.2) is 17.2 Å². The van der Waals surface area contributed by atoms with Crippen LogP contribution in [0.4, 0.5) is 0 Å². The first-order chi connectivity index (χ1) is 8.20. The topological polar surface area (TPSA) is 37.3 Å². The molecule has 0 saturated carbocycles. The van der Waals surface area contributed by atoms with Gasteiger partial charge in [0.2, 0.25) is 7.37 Å². The fraction of sp³-hybridized carbons (Fsp3) is 1.00. The van der Waals surface area contributed by atoms with Gasteiger partial charge in [-0.1, -0.05) is 55.4 Å². The number of hydrogen-bond acceptors (Lipinski definition) is 1. The van der Waals surface area contributed by atoms with Crippen LogP contribution in [0.25, 0.3) is 0 Å². The van der Waals surface area contributed by atoms with E-state index in [1.54, 1.807) is 0 Å². The third kappa shape index (κ3) is 11.7. The summed E-state index contributed by atoms with van der Waals surface area (Å²) in [5.74, 6) is 0.635. The van der Waals surface area contributed by atoms with Crippen molar-refractivity contribution >= 4 is 7.37 Å². The van der Waals surface area contributed by atoms with Crippen molar-refractivity contribution in [2.24, 2.45) is 22.7 Å². The van der Waals surface area contributed by atoms with Gasteiger partial charge in [0, 0.05) is 12.3 Å². The van der Waals surface area contributed by atoms with Gasteiger partial charge in [0.25, 0.3) is 0 Å². The lowest BCUT2D eigenvalue weighted by Crippen LogP contribution is -2.18. The SMILES string of the molecule is C[C@H](CC(C)(C)C)CP(=O)(O)C[C@@H](C)CC(C)(C)C. The first kappa shape index (κ1) is 19.2. The molecule has 0 aliphatic heterocycles. The maximum absolute atomic E-state index is 12.4. The van der Waals surface area contributed by atoms with Gasteiger partial charge in [0.15, 0.2) is 0 Å². The summed E-state index contributed by atoms with van der Waals surface area (Å²) in [5.41, 5.74) is 0.465. The Morgan fingerprint density at radius 1 is 0.842 bits per heavy atom. The Kier molecular flexibility index (Phi) is 6.83. The van der Waals surface area contributed by atoms with Crippen molar-refractivity contribution in [3.8, 4) is 0 Å². The van der Waals surface area contributed by atoms with Crippen LogP contribution in [0, 0.1) is 22.7 Å². The van der Waals surface area contributed by atoms with Crippen molar-refractivity contribution in [2.45, 2.75) is 68.2 Å². The van der Waals surface area contributed by atoms with Gasteiger partial charge in [-0.25, -0.2) is 0 Å². The normalized spacial score (nSPS) is 19.8. The zero-order valence-electron chi connectivity index (χ0n) is 14.3. The van der Waals surface area contributed by atoms with Crippen LogP contribution in [0.15, 0.2) is 0 Å². The molecule has 1 unspecified atom stereocenters. The third-order valence-corrected chi connectivity index (χ3v) is 5.50. The Hall–Kier alpha value is 0.190. The fourth-order valence-electron chi connectivity index (χ4n) is 3.27. The molecule has 0 aromatic carbocycles. The maximum atomic E-state index is 12.4. The molecular formula is C16H35O2P. The van der Waals surface area contributed by atoms with E-state index in [0.717, 1.165) is 12.8 Å². The first-order valence-electron chi connectivity index (χ1n) is 7.51. The predicted molar refractivity (Wildman–Crippen MR) is 86.0 cm³/mol. The van der Waals surface area contributed by atoms with Crippen molar-refractivity contribution in [1.82, 2.24) is 0 Å². The quantitative estimate of drug-likeness (QED) is 0.665. The van der Waals surface area contributed by atoms with Crippen LogP contribution in [0.3, 0.4) is 0 Å². The Bertz CT molecular complexity index is 282. The number of hydrogen-bond donors (Lipinski definition) is 1. The van der Waals surface area contributed by atoms with Crippen LogP contribution < -0.4 is 0 Å². The summed E-state index contributed by atoms with van der Waals surface area (Å²) in [5, 5.41) is 0. The van der Waals surface area contributed by atoms with E-state index in [4.69, 9.17) is 0 Å². The molecule has 0 heterocycles. The maximum Gasteiger partial charge on any atom is 0.201 e. The monoisotopic (exact) mass is 290 g/mol. The van der Waals surface area contributed by atoms with Gasteiger partial charge in [-0.05, 0) is 35.5 Å². The average molecular weight is 290 g/mol. The van der Waals surface area contributed by atoms with E-state index in [1.165, 1.54) is 0 Å². The highest BCUT2D eigenvalue weighted by molar-refractivity contribution is 7.58. The summed E-state index contributed by atoms with van der Waals surface area (Å²) >= 11 is 0. The van der Waals surface area contributed by atoms with E-state index in [2.05, 4.69) is 55.4 Å². The van der Waals surface area contributed by atoms with Crippen molar-refractivity contribution in [2.75, 3.05) is 12.3 Å². The minimum absolute atomic E-state index is 0.233. The lowest BCUT2D eigenvalue weighted by molar-refractivity contribution is 0.309. The Morgan fingerprint density at radius 2 is 1.11 bits per heavy atom. The largest absolute Gasteiger partial charge is 0.344 e. The molecule has 116 valence electrons. The molecule has 3 heteroatoms. The zero-order chi connectivity index (χ0) is 15.5. The van der Waals surface area contributed by atoms with E-state index >= 15 is 0 Å². The van der Waals surface area contributed by atoms with Gasteiger partial charge in [-0.15, -0.1) is 0 Å². The van der Waals surface area contributed by atoms with Crippen molar-refractivity contribution in [3.05, 3.63) is 0 Å². The molecule has 0 aliphatic rings. The fourth-order valence-corrected chi connectivity index (χ4v) is 5.62. The molecule has 0 radical (unpaired) electrons. The molecule has 0 aromatic rings. The van der Waals surface area contributed by atoms with Crippen LogP contribution in [0.2, 0.25) is 0 Å². The molecule has 0 rings (SSSR count). The molecule has 0 aliphatic carbocycles. The lowest BCUT2D eigenvalue weighted by atomic mass is 9.86. The molecule has 2 nitrogen and oxygen atoms in total. The highest BCUT2D eigenvalue weighted by Crippen LogP contribution is 2.47. The molecule has 0 fully saturated rings. The van der Waals surface area contributed by atoms with Gasteiger partial charge < -0.3 is 4.89 Å². The second kappa shape index (κ2) is 6.76. The smallest absolute Gasteiger partial charge is 0.201 e. The van der Waals surface area contributed by atoms with Crippen LogP contribution in [-0.2, 0) is 4.57 Å². The molecule has 1 N–H and O–H groups in total. The standard InChI is InChI=1S/C16H35O2P/c1-13(9-15(3,4)5)11-19(17,18)12-14(2)10-16(6,7)8/h13-14H,9-12H2,1-8H3,(H,17,18)/t13-,14+. The summed E-state index contributed by atoms with van der Waals surface area (Å²) in [4.78, 5) is 10.2. The predicted octanol–water partition coefficient (Wildman–Crippen LogP) is 5.40. The van der Waals surface area contributed by atoms with Gasteiger partial charge >= 0.3 is 0 Å². The van der Waals surface area contributed by atoms with E-state index in [-0.39, 0.29) is 10.8 Å². The van der Waals surface area contributed by atoms with Crippen molar-refractivity contribution in [3.63, 3.8) is 0 Å². The summed E-state index contributed by atoms with van der Waals surface area (Å²) in [6, 6.07) is 0. The summed E-state index contributed by atoms with van der Waals surface area (Å²) < 4.78 is 12.4. The minimum Gasteiger partial charge on any atom is -0.344 e. The molecule has 0 spiro atoms. The summed E-state index contributed by atoms with van der Waals surface area (Å²) in [6.45, 7) is 17.3. The first-order valence-corrected chi connectivity index (χ1v) is 9.54. The van der Waals surface area contributed by atoms with Crippen LogP contribution in [0.1, 0.15) is 68.2 Å². The number of rotatable bonds is 6. The highest BCUT2D eigenvalue weighted by atomic mass is 31.2. The molecular weight excluding hydrogens is 255 g/mol. The molecule has 3 atom stereocenters. The van der Waals surface area contributed by atoms with Gasteiger partial charge in [-0.3, -0.25) is 4.57 Å². The van der Waals surface area contributed by atoms with Crippen LogP contribution >= 0.6 is 7.37 Å². The average Bonchev–Trinajstić information content (AvgIpc) is 1.89. The minimum atomic E-state index is -2.98. The van der Waals surface area contributed by atoms with Crippen molar-refractivity contribution in [1.29, 1.82) is 0 Å². The van der Waals surface area contributed by atoms with Crippen LogP contribution in [0.5, 0.6) is 0 Å². The molecule has 19 heavy (non-hydrogen) atoms. The lowest BCUT2D eigenvalue weighted by Gasteiger charge is -2.27. The second-order valence-electron chi connectivity index (χ2n) is 8.95. The molecule has 0 saturated heterocycles. The third-order valence-electron chi connectivity index (χ3n) is 3.12. The molecule has 0 bridgehead atoms. The molecule has 0 amide bonds. The van der Waals surface area contributed by atoms with E-state index in [0.29, 0.717) is 24.2 Å². The summed E-state index contributed by atoms with van der Waals surface area (Å²) in [6.07, 6.45) is 2.95. The van der Waals surface area contributed by atoms with Gasteiger partial charge in [0.05, 0.1) is 0 Å².